The number of aromatic nitrogens is 1. The predicted molar refractivity (Wildman–Crippen MR) is 143 cm³/mol. The van der Waals surface area contributed by atoms with Crippen LogP contribution in [0.25, 0.3) is 0 Å². The summed E-state index contributed by atoms with van der Waals surface area (Å²) in [5, 5.41) is 0. The van der Waals surface area contributed by atoms with Gasteiger partial charge >= 0.3 is 16.8 Å². The molecule has 3 rings (SSSR count). The summed E-state index contributed by atoms with van der Waals surface area (Å²) in [4.78, 5) is 14.9. The molecular weight excluding hydrogens is 621 g/mol. The zero-order chi connectivity index (χ0) is 24.0. The third-order valence-corrected chi connectivity index (χ3v) is 5.76. The monoisotopic (exact) mass is 654 g/mol. The van der Waals surface area contributed by atoms with Crippen molar-refractivity contribution in [2.45, 2.75) is 59.8 Å². The van der Waals surface area contributed by atoms with Crippen LogP contribution in [0.4, 0.5) is 11.4 Å². The molecule has 0 bridgehead atoms. The van der Waals surface area contributed by atoms with Crippen molar-refractivity contribution in [2.24, 2.45) is 9.98 Å². The minimum Gasteiger partial charge on any atom is -1.00 e. The number of allylic oxidation sites excluding steroid dienone is 1. The predicted octanol–water partition coefficient (Wildman–Crippen LogP) is 2.34. The van der Waals surface area contributed by atoms with Crippen LogP contribution in [0.15, 0.2) is 83.3 Å². The Kier molecular flexibility index (Phi) is 15.2. The van der Waals surface area contributed by atoms with Crippen LogP contribution in [0.1, 0.15) is 81.5 Å². The Labute approximate surface area is 248 Å². The number of hydrogen-bond acceptors (Lipinski definition) is 3. The molecule has 0 amide bonds. The number of benzene rings is 2. The van der Waals surface area contributed by atoms with E-state index in [1.807, 2.05) is 56.3 Å². The molecule has 1 aromatic heterocycles. The SMILES string of the molecule is C=CCc1ccccc1/N=C(\C)c1cccc(/C(C)=N/c2c(C(C)C)cccc2C(C)C)n1.[Br-].[Br-].[Co+2]. The summed E-state index contributed by atoms with van der Waals surface area (Å²) >= 11 is 0. The topological polar surface area (TPSA) is 37.6 Å². The smallest absolute Gasteiger partial charge is 1.00 e. The van der Waals surface area contributed by atoms with Gasteiger partial charge in [0.05, 0.1) is 34.2 Å². The molecule has 193 valence electrons. The van der Waals surface area contributed by atoms with E-state index in [1.165, 1.54) is 11.1 Å². The van der Waals surface area contributed by atoms with Crippen molar-refractivity contribution in [2.75, 3.05) is 0 Å². The summed E-state index contributed by atoms with van der Waals surface area (Å²) in [6.45, 7) is 16.8. The minimum atomic E-state index is 0. The molecule has 0 aliphatic carbocycles. The van der Waals surface area contributed by atoms with Gasteiger partial charge in [-0.15, -0.1) is 6.58 Å². The Morgan fingerprint density at radius 3 is 1.81 bits per heavy atom. The van der Waals surface area contributed by atoms with Crippen LogP contribution in [0.2, 0.25) is 0 Å². The molecule has 0 unspecified atom stereocenters. The van der Waals surface area contributed by atoms with Crippen molar-refractivity contribution in [3.63, 3.8) is 0 Å². The summed E-state index contributed by atoms with van der Waals surface area (Å²) in [5.41, 5.74) is 9.26. The second-order valence-electron chi connectivity index (χ2n) is 9.02. The molecule has 3 nitrogen and oxygen atoms in total. The molecule has 3 aromatic rings. The molecule has 36 heavy (non-hydrogen) atoms. The van der Waals surface area contributed by atoms with Crippen molar-refractivity contribution in [3.8, 4) is 0 Å². The van der Waals surface area contributed by atoms with Gasteiger partial charge in [0.25, 0.3) is 0 Å². The quantitative estimate of drug-likeness (QED) is 0.271. The first kappa shape index (κ1) is 34.1. The molecule has 0 N–H and O–H groups in total. The number of halogens is 2. The number of para-hydroxylation sites is 2. The molecule has 0 fully saturated rings. The summed E-state index contributed by atoms with van der Waals surface area (Å²) in [6, 6.07) is 20.7. The van der Waals surface area contributed by atoms with E-state index < -0.39 is 0 Å². The van der Waals surface area contributed by atoms with E-state index in [0.717, 1.165) is 46.2 Å². The van der Waals surface area contributed by atoms with E-state index >= 15 is 0 Å². The Morgan fingerprint density at radius 2 is 1.28 bits per heavy atom. The Balaban J connectivity index is 0.00000408. The fraction of sp³-hybridized carbons (Fsp3) is 0.300. The Bertz CT molecular complexity index is 1170. The Morgan fingerprint density at radius 1 is 0.778 bits per heavy atom. The van der Waals surface area contributed by atoms with E-state index in [2.05, 4.69) is 58.5 Å². The normalized spacial score (nSPS) is 11.4. The number of rotatable bonds is 8. The number of nitrogens with zero attached hydrogens (tertiary/aromatic N) is 3. The first-order chi connectivity index (χ1) is 15.8. The van der Waals surface area contributed by atoms with E-state index in [-0.39, 0.29) is 50.7 Å². The van der Waals surface area contributed by atoms with Gasteiger partial charge in [0, 0.05) is 0 Å². The standard InChI is InChI=1S/C30H35N3.2BrH.Co/c1-8-13-24-14-9-10-17-29(24)31-22(6)27-18-12-19-28(33-27)23(7)32-30-25(20(2)3)15-11-16-26(30)21(4)5;;;/h8-12,14-21H,1,13H2,2-7H3;2*1H;/q;;;+2/p-2/b31-22+,32-23+;;;. The molecular formula is C30H35Br2CoN3. The summed E-state index contributed by atoms with van der Waals surface area (Å²) < 4.78 is 0. The molecule has 6 heteroatoms. The molecule has 0 spiro atoms. The van der Waals surface area contributed by atoms with Gasteiger partial charge in [0.1, 0.15) is 0 Å². The van der Waals surface area contributed by atoms with Crippen molar-refractivity contribution in [1.29, 1.82) is 0 Å². The number of hydrogen-bond donors (Lipinski definition) is 0. The molecule has 0 aliphatic rings. The van der Waals surface area contributed by atoms with Crippen LogP contribution in [0, 0.1) is 0 Å². The zero-order valence-electron chi connectivity index (χ0n) is 21.9. The first-order valence-corrected chi connectivity index (χ1v) is 11.7. The third-order valence-electron chi connectivity index (χ3n) is 5.76. The van der Waals surface area contributed by atoms with Crippen LogP contribution < -0.4 is 34.0 Å². The largest absolute Gasteiger partial charge is 2.00 e. The van der Waals surface area contributed by atoms with Gasteiger partial charge in [0.15, 0.2) is 0 Å². The van der Waals surface area contributed by atoms with E-state index in [0.29, 0.717) is 11.8 Å². The molecule has 0 atom stereocenters. The Hall–Kier alpha value is -1.86. The summed E-state index contributed by atoms with van der Waals surface area (Å²) in [5.74, 6) is 0.805. The maximum absolute atomic E-state index is 5.10. The number of aliphatic imine (C=N–C) groups is 2. The van der Waals surface area contributed by atoms with Crippen molar-refractivity contribution in [1.82, 2.24) is 4.98 Å². The van der Waals surface area contributed by atoms with Gasteiger partial charge in [0.2, 0.25) is 0 Å². The van der Waals surface area contributed by atoms with E-state index in [9.17, 15) is 0 Å². The van der Waals surface area contributed by atoms with Crippen molar-refractivity contribution < 1.29 is 50.7 Å². The van der Waals surface area contributed by atoms with E-state index in [4.69, 9.17) is 15.0 Å². The van der Waals surface area contributed by atoms with Crippen LogP contribution in [-0.4, -0.2) is 16.4 Å². The third kappa shape index (κ3) is 8.62. The van der Waals surface area contributed by atoms with Crippen LogP contribution in [0.5, 0.6) is 0 Å². The van der Waals surface area contributed by atoms with Crippen molar-refractivity contribution >= 4 is 22.8 Å². The van der Waals surface area contributed by atoms with Gasteiger partial charge in [-0.1, -0.05) is 76.2 Å². The molecule has 1 radical (unpaired) electrons. The molecule has 0 saturated carbocycles. The average Bonchev–Trinajstić information content (AvgIpc) is 2.80. The van der Waals surface area contributed by atoms with Gasteiger partial charge in [-0.2, -0.15) is 0 Å². The molecule has 1 heterocycles. The van der Waals surface area contributed by atoms with Crippen LogP contribution in [-0.2, 0) is 23.2 Å². The van der Waals surface area contributed by atoms with Crippen LogP contribution >= 0.6 is 0 Å². The summed E-state index contributed by atoms with van der Waals surface area (Å²) in [6.07, 6.45) is 2.70. The fourth-order valence-corrected chi connectivity index (χ4v) is 3.89. The maximum Gasteiger partial charge on any atom is 2.00 e. The van der Waals surface area contributed by atoms with Gasteiger partial charge in [-0.25, -0.2) is 4.98 Å². The van der Waals surface area contributed by atoms with Gasteiger partial charge in [-0.05, 0) is 67.0 Å². The fourth-order valence-electron chi connectivity index (χ4n) is 3.89. The number of pyridine rings is 1. The van der Waals surface area contributed by atoms with Crippen molar-refractivity contribution in [3.05, 3.63) is 101 Å². The molecule has 2 aromatic carbocycles. The maximum atomic E-state index is 5.10. The first-order valence-electron chi connectivity index (χ1n) is 11.7. The van der Waals surface area contributed by atoms with Gasteiger partial charge in [-0.3, -0.25) is 9.98 Å². The second-order valence-corrected chi connectivity index (χ2v) is 9.02. The zero-order valence-corrected chi connectivity index (χ0v) is 26.1. The van der Waals surface area contributed by atoms with Gasteiger partial charge < -0.3 is 34.0 Å². The second kappa shape index (κ2) is 16.1. The molecule has 0 aliphatic heterocycles. The average molecular weight is 656 g/mol. The molecule has 0 saturated heterocycles. The van der Waals surface area contributed by atoms with Crippen LogP contribution in [0.3, 0.4) is 0 Å². The summed E-state index contributed by atoms with van der Waals surface area (Å²) in [7, 11) is 0. The van der Waals surface area contributed by atoms with E-state index in [1.54, 1.807) is 0 Å². The minimum absolute atomic E-state index is 0.